The first-order valence-electron chi connectivity index (χ1n) is 17.1. The molecule has 0 heterocycles. The summed E-state index contributed by atoms with van der Waals surface area (Å²) < 4.78 is 56.1. The van der Waals surface area contributed by atoms with Crippen LogP contribution < -0.4 is 9.47 Å². The van der Waals surface area contributed by atoms with Gasteiger partial charge in [-0.2, -0.15) is 13.2 Å². The maximum Gasteiger partial charge on any atom is 0.425 e. The summed E-state index contributed by atoms with van der Waals surface area (Å²) in [6.45, 7) is 4.24. The lowest BCUT2D eigenvalue weighted by atomic mass is 10.0. The van der Waals surface area contributed by atoms with Crippen molar-refractivity contribution >= 4 is 17.9 Å². The molecule has 0 aliphatic heterocycles. The Morgan fingerprint density at radius 3 is 1.56 bits per heavy atom. The van der Waals surface area contributed by atoms with Crippen LogP contribution in [0.3, 0.4) is 0 Å². The number of esters is 3. The lowest BCUT2D eigenvalue weighted by Gasteiger charge is -2.20. The van der Waals surface area contributed by atoms with Crippen LogP contribution in [0.15, 0.2) is 72.8 Å². The molecule has 3 aromatic carbocycles. The molecular weight excluding hydrogens is 621 g/mol. The first-order valence-corrected chi connectivity index (χ1v) is 17.1. The van der Waals surface area contributed by atoms with Gasteiger partial charge in [-0.05, 0) is 78.9 Å². The summed E-state index contributed by atoms with van der Waals surface area (Å²) in [6.07, 6.45) is 4.75. The molecular formula is C39H47F3O6. The van der Waals surface area contributed by atoms with Gasteiger partial charge in [0.05, 0.1) is 11.1 Å². The van der Waals surface area contributed by atoms with Gasteiger partial charge in [0.15, 0.2) is 6.10 Å². The maximum absolute atomic E-state index is 13.5. The molecule has 0 fully saturated rings. The fourth-order valence-electron chi connectivity index (χ4n) is 5.17. The van der Waals surface area contributed by atoms with Crippen molar-refractivity contribution in [1.82, 2.24) is 0 Å². The normalized spacial score (nSPS) is 11.9. The Balaban J connectivity index is 1.48. The van der Waals surface area contributed by atoms with E-state index in [4.69, 9.17) is 14.2 Å². The Morgan fingerprint density at radius 1 is 0.562 bits per heavy atom. The quantitative estimate of drug-likeness (QED) is 0.0677. The number of rotatable bonds is 20. The number of hydrogen-bond acceptors (Lipinski definition) is 6. The Hall–Kier alpha value is -4.14. The highest BCUT2D eigenvalue weighted by molar-refractivity contribution is 5.92. The highest BCUT2D eigenvalue weighted by atomic mass is 19.4. The number of carbonyl (C=O) groups is 3. The third-order valence-electron chi connectivity index (χ3n) is 8.01. The van der Waals surface area contributed by atoms with Gasteiger partial charge in [0.1, 0.15) is 11.5 Å². The average molecular weight is 669 g/mol. The van der Waals surface area contributed by atoms with E-state index in [1.165, 1.54) is 43.5 Å². The van der Waals surface area contributed by atoms with Crippen molar-refractivity contribution in [2.24, 2.45) is 0 Å². The zero-order valence-electron chi connectivity index (χ0n) is 28.0. The van der Waals surface area contributed by atoms with Gasteiger partial charge in [-0.3, -0.25) is 4.79 Å². The molecule has 260 valence electrons. The minimum atomic E-state index is -4.66. The number of hydrogen-bond donors (Lipinski definition) is 0. The van der Waals surface area contributed by atoms with Crippen molar-refractivity contribution in [2.45, 2.75) is 116 Å². The zero-order chi connectivity index (χ0) is 34.8. The smallest absolute Gasteiger partial charge is 0.425 e. The Bertz CT molecular complexity index is 1400. The fraction of sp³-hybridized carbons (Fsp3) is 0.462. The molecule has 0 amide bonds. The van der Waals surface area contributed by atoms with Crippen molar-refractivity contribution in [2.75, 3.05) is 0 Å². The maximum atomic E-state index is 13.5. The molecule has 0 saturated heterocycles. The SMILES string of the molecule is CCCCCCCCC(=O)Oc1ccc(-c2ccc(C(=O)Oc3ccc(C(=O)OC(CCCCCCCC)C(F)(F)F)cc3)cc2)cc1. The van der Waals surface area contributed by atoms with E-state index in [1.54, 1.807) is 36.4 Å². The number of benzene rings is 3. The molecule has 0 N–H and O–H groups in total. The molecule has 0 bridgehead atoms. The number of unbranched alkanes of at least 4 members (excludes halogenated alkanes) is 10. The highest BCUT2D eigenvalue weighted by Gasteiger charge is 2.42. The van der Waals surface area contributed by atoms with Gasteiger partial charge in [-0.25, -0.2) is 9.59 Å². The second-order valence-corrected chi connectivity index (χ2v) is 12.0. The van der Waals surface area contributed by atoms with Gasteiger partial charge in [0.2, 0.25) is 0 Å². The molecule has 0 aliphatic rings. The first kappa shape index (κ1) is 38.3. The Kier molecular flexibility index (Phi) is 16.2. The summed E-state index contributed by atoms with van der Waals surface area (Å²) in [4.78, 5) is 37.3. The molecule has 48 heavy (non-hydrogen) atoms. The number of alkyl halides is 3. The topological polar surface area (TPSA) is 78.9 Å². The number of ether oxygens (including phenoxy) is 3. The highest BCUT2D eigenvalue weighted by Crippen LogP contribution is 2.29. The lowest BCUT2D eigenvalue weighted by Crippen LogP contribution is -2.33. The molecule has 1 atom stereocenters. The summed E-state index contributed by atoms with van der Waals surface area (Å²) in [6, 6.07) is 19.1. The van der Waals surface area contributed by atoms with Crippen molar-refractivity contribution in [3.05, 3.63) is 83.9 Å². The zero-order valence-corrected chi connectivity index (χ0v) is 28.0. The molecule has 0 saturated carbocycles. The number of halogens is 3. The van der Waals surface area contributed by atoms with Crippen LogP contribution >= 0.6 is 0 Å². The second-order valence-electron chi connectivity index (χ2n) is 12.0. The molecule has 0 aromatic heterocycles. The summed E-state index contributed by atoms with van der Waals surface area (Å²) in [5.74, 6) is -1.37. The molecule has 3 rings (SSSR count). The molecule has 6 nitrogen and oxygen atoms in total. The van der Waals surface area contributed by atoms with E-state index in [-0.39, 0.29) is 29.3 Å². The van der Waals surface area contributed by atoms with Crippen LogP contribution in [-0.2, 0) is 9.53 Å². The molecule has 1 unspecified atom stereocenters. The van der Waals surface area contributed by atoms with E-state index >= 15 is 0 Å². The van der Waals surface area contributed by atoms with Crippen LogP contribution in [-0.4, -0.2) is 30.2 Å². The Labute approximate surface area is 282 Å². The summed E-state index contributed by atoms with van der Waals surface area (Å²) in [5, 5.41) is 0. The second kappa shape index (κ2) is 20.3. The predicted octanol–water partition coefficient (Wildman–Crippen LogP) is 11.1. The van der Waals surface area contributed by atoms with Gasteiger partial charge < -0.3 is 14.2 Å². The van der Waals surface area contributed by atoms with E-state index < -0.39 is 24.2 Å². The molecule has 9 heteroatoms. The van der Waals surface area contributed by atoms with E-state index in [1.807, 2.05) is 12.1 Å². The van der Waals surface area contributed by atoms with E-state index in [2.05, 4.69) is 13.8 Å². The fourth-order valence-corrected chi connectivity index (χ4v) is 5.17. The third-order valence-corrected chi connectivity index (χ3v) is 8.01. The van der Waals surface area contributed by atoms with Crippen LogP contribution in [0.1, 0.15) is 124 Å². The standard InChI is InChI=1S/C39H47F3O6/c1-3-5-7-9-11-13-15-35(39(40,41)42)48-38(45)32-23-27-34(28-24-32)47-37(44)31-19-17-29(18-20-31)30-21-25-33(26-22-30)46-36(43)16-14-12-10-8-6-4-2/h17-28,35H,3-16H2,1-2H3. The van der Waals surface area contributed by atoms with E-state index in [0.717, 1.165) is 56.1 Å². The predicted molar refractivity (Wildman–Crippen MR) is 180 cm³/mol. The molecule has 0 aliphatic carbocycles. The number of carbonyl (C=O) groups excluding carboxylic acids is 3. The van der Waals surface area contributed by atoms with Gasteiger partial charge in [0, 0.05) is 6.42 Å². The van der Waals surface area contributed by atoms with E-state index in [0.29, 0.717) is 25.0 Å². The van der Waals surface area contributed by atoms with Crippen LogP contribution in [0, 0.1) is 0 Å². The Morgan fingerprint density at radius 2 is 1.00 bits per heavy atom. The van der Waals surface area contributed by atoms with Gasteiger partial charge in [-0.15, -0.1) is 0 Å². The van der Waals surface area contributed by atoms with Crippen LogP contribution in [0.4, 0.5) is 13.2 Å². The molecule has 0 spiro atoms. The van der Waals surface area contributed by atoms with Gasteiger partial charge in [0.25, 0.3) is 0 Å². The van der Waals surface area contributed by atoms with Crippen LogP contribution in [0.2, 0.25) is 0 Å². The minimum absolute atomic E-state index is 0.0741. The summed E-state index contributed by atoms with van der Waals surface area (Å²) >= 11 is 0. The van der Waals surface area contributed by atoms with Crippen molar-refractivity contribution < 1.29 is 41.8 Å². The summed E-state index contributed by atoms with van der Waals surface area (Å²) in [5.41, 5.74) is 1.92. The minimum Gasteiger partial charge on any atom is -0.449 e. The average Bonchev–Trinajstić information content (AvgIpc) is 3.07. The third kappa shape index (κ3) is 13.5. The van der Waals surface area contributed by atoms with Gasteiger partial charge >= 0.3 is 24.1 Å². The van der Waals surface area contributed by atoms with Crippen LogP contribution in [0.5, 0.6) is 11.5 Å². The van der Waals surface area contributed by atoms with Crippen molar-refractivity contribution in [3.63, 3.8) is 0 Å². The summed E-state index contributed by atoms with van der Waals surface area (Å²) in [7, 11) is 0. The first-order chi connectivity index (χ1) is 23.1. The van der Waals surface area contributed by atoms with Crippen molar-refractivity contribution in [1.29, 1.82) is 0 Å². The monoisotopic (exact) mass is 668 g/mol. The molecule has 3 aromatic rings. The lowest BCUT2D eigenvalue weighted by molar-refractivity contribution is -0.206. The van der Waals surface area contributed by atoms with E-state index in [9.17, 15) is 27.6 Å². The van der Waals surface area contributed by atoms with Crippen molar-refractivity contribution in [3.8, 4) is 22.6 Å². The van der Waals surface area contributed by atoms with Gasteiger partial charge in [-0.1, -0.05) is 102 Å². The molecule has 0 radical (unpaired) electrons. The van der Waals surface area contributed by atoms with Crippen LogP contribution in [0.25, 0.3) is 11.1 Å². The largest absolute Gasteiger partial charge is 0.449 e.